The zero-order valence-electron chi connectivity index (χ0n) is 13.0. The minimum Gasteiger partial charge on any atom is -0.378 e. The summed E-state index contributed by atoms with van der Waals surface area (Å²) in [6.07, 6.45) is 8.66. The van der Waals surface area contributed by atoms with Gasteiger partial charge in [0.2, 0.25) is 0 Å². The molecule has 1 N–H and O–H groups in total. The number of ether oxygens (including phenoxy) is 1. The van der Waals surface area contributed by atoms with Crippen LogP contribution in [0.5, 0.6) is 0 Å². The molecule has 0 radical (unpaired) electrons. The molecule has 1 atom stereocenters. The van der Waals surface area contributed by atoms with Crippen molar-refractivity contribution in [3.05, 3.63) is 35.9 Å². The van der Waals surface area contributed by atoms with E-state index in [-0.39, 0.29) is 5.60 Å². The highest BCUT2D eigenvalue weighted by Gasteiger charge is 2.38. The van der Waals surface area contributed by atoms with Crippen LogP contribution in [0.2, 0.25) is 0 Å². The van der Waals surface area contributed by atoms with Crippen LogP contribution in [0.25, 0.3) is 0 Å². The number of benzene rings is 1. The van der Waals surface area contributed by atoms with E-state index in [1.54, 1.807) is 0 Å². The van der Waals surface area contributed by atoms with Crippen LogP contribution in [-0.2, 0) is 11.2 Å². The second-order valence-electron chi connectivity index (χ2n) is 6.08. The third-order valence-corrected chi connectivity index (χ3v) is 4.67. The second kappa shape index (κ2) is 7.80. The molecule has 0 saturated heterocycles. The van der Waals surface area contributed by atoms with E-state index < -0.39 is 0 Å². The van der Waals surface area contributed by atoms with Gasteiger partial charge in [-0.2, -0.15) is 0 Å². The Kier molecular flexibility index (Phi) is 6.06. The Morgan fingerprint density at radius 1 is 1.25 bits per heavy atom. The third-order valence-electron chi connectivity index (χ3n) is 4.67. The standard InChI is InChI=1S/C18H29NO/c1-3-19-17(15-18(20-2)13-8-14-18)12-7-11-16-9-5-4-6-10-16/h4-6,9-10,17,19H,3,7-8,11-15H2,1-2H3. The Bertz CT molecular complexity index is 367. The van der Waals surface area contributed by atoms with Crippen molar-refractivity contribution in [2.75, 3.05) is 13.7 Å². The first kappa shape index (κ1) is 15.5. The smallest absolute Gasteiger partial charge is 0.0693 e. The monoisotopic (exact) mass is 275 g/mol. The van der Waals surface area contributed by atoms with E-state index >= 15 is 0 Å². The number of nitrogens with one attached hydrogen (secondary N) is 1. The van der Waals surface area contributed by atoms with Gasteiger partial charge in [-0.15, -0.1) is 0 Å². The predicted octanol–water partition coefficient (Wildman–Crippen LogP) is 3.95. The molecule has 112 valence electrons. The summed E-state index contributed by atoms with van der Waals surface area (Å²) in [5.41, 5.74) is 1.63. The van der Waals surface area contributed by atoms with Crippen molar-refractivity contribution in [2.24, 2.45) is 0 Å². The number of hydrogen-bond donors (Lipinski definition) is 1. The summed E-state index contributed by atoms with van der Waals surface area (Å²) in [5.74, 6) is 0. The molecule has 1 aliphatic carbocycles. The largest absolute Gasteiger partial charge is 0.378 e. The van der Waals surface area contributed by atoms with Gasteiger partial charge in [0.15, 0.2) is 0 Å². The molecule has 2 rings (SSSR count). The molecule has 1 aromatic carbocycles. The van der Waals surface area contributed by atoms with Gasteiger partial charge in [-0.25, -0.2) is 0 Å². The highest BCUT2D eigenvalue weighted by atomic mass is 16.5. The zero-order chi connectivity index (χ0) is 14.3. The lowest BCUT2D eigenvalue weighted by Gasteiger charge is -2.43. The first-order chi connectivity index (χ1) is 9.78. The van der Waals surface area contributed by atoms with Crippen molar-refractivity contribution >= 4 is 0 Å². The molecule has 1 fully saturated rings. The molecule has 0 heterocycles. The maximum absolute atomic E-state index is 5.78. The van der Waals surface area contributed by atoms with E-state index in [1.165, 1.54) is 50.5 Å². The fourth-order valence-corrected chi connectivity index (χ4v) is 3.27. The molecule has 0 amide bonds. The summed E-state index contributed by atoms with van der Waals surface area (Å²) in [4.78, 5) is 0. The van der Waals surface area contributed by atoms with Crippen molar-refractivity contribution < 1.29 is 4.74 Å². The van der Waals surface area contributed by atoms with Crippen LogP contribution in [0, 0.1) is 0 Å². The molecule has 1 aliphatic rings. The minimum atomic E-state index is 0.180. The lowest BCUT2D eigenvalue weighted by molar-refractivity contribution is -0.0838. The maximum atomic E-state index is 5.78. The molecular formula is C18H29NO. The van der Waals surface area contributed by atoms with Crippen LogP contribution in [0.4, 0.5) is 0 Å². The van der Waals surface area contributed by atoms with Gasteiger partial charge in [-0.3, -0.25) is 0 Å². The van der Waals surface area contributed by atoms with Gasteiger partial charge in [0.25, 0.3) is 0 Å². The van der Waals surface area contributed by atoms with Gasteiger partial charge in [0, 0.05) is 13.2 Å². The van der Waals surface area contributed by atoms with Crippen molar-refractivity contribution in [1.82, 2.24) is 5.32 Å². The average molecular weight is 275 g/mol. The molecule has 1 aromatic rings. The molecule has 20 heavy (non-hydrogen) atoms. The van der Waals surface area contributed by atoms with Crippen LogP contribution in [0.1, 0.15) is 51.0 Å². The summed E-state index contributed by atoms with van der Waals surface area (Å²) >= 11 is 0. The van der Waals surface area contributed by atoms with E-state index in [0.717, 1.165) is 6.54 Å². The second-order valence-corrected chi connectivity index (χ2v) is 6.08. The zero-order valence-corrected chi connectivity index (χ0v) is 13.0. The van der Waals surface area contributed by atoms with Crippen LogP contribution in [-0.4, -0.2) is 25.3 Å². The van der Waals surface area contributed by atoms with Crippen molar-refractivity contribution in [2.45, 2.75) is 63.5 Å². The molecule has 0 aliphatic heterocycles. The summed E-state index contributed by atoms with van der Waals surface area (Å²) in [7, 11) is 1.88. The predicted molar refractivity (Wildman–Crippen MR) is 85.1 cm³/mol. The van der Waals surface area contributed by atoms with Gasteiger partial charge in [0.1, 0.15) is 0 Å². The van der Waals surface area contributed by atoms with Crippen LogP contribution in [0.15, 0.2) is 30.3 Å². The third kappa shape index (κ3) is 4.32. The quantitative estimate of drug-likeness (QED) is 0.737. The van der Waals surface area contributed by atoms with Gasteiger partial charge in [-0.05, 0) is 57.1 Å². The maximum Gasteiger partial charge on any atom is 0.0693 e. The molecule has 0 aromatic heterocycles. The summed E-state index contributed by atoms with van der Waals surface area (Å²) in [6.45, 7) is 3.25. The number of aryl methyl sites for hydroxylation is 1. The molecule has 1 unspecified atom stereocenters. The number of methoxy groups -OCH3 is 1. The van der Waals surface area contributed by atoms with Gasteiger partial charge >= 0.3 is 0 Å². The van der Waals surface area contributed by atoms with Gasteiger partial charge in [-0.1, -0.05) is 37.3 Å². The van der Waals surface area contributed by atoms with E-state index in [9.17, 15) is 0 Å². The number of hydrogen-bond acceptors (Lipinski definition) is 2. The van der Waals surface area contributed by atoms with Crippen LogP contribution in [0.3, 0.4) is 0 Å². The summed E-state index contributed by atoms with van der Waals surface area (Å²) in [6, 6.07) is 11.4. The van der Waals surface area contributed by atoms with E-state index in [4.69, 9.17) is 4.74 Å². The minimum absolute atomic E-state index is 0.180. The van der Waals surface area contributed by atoms with Gasteiger partial charge < -0.3 is 10.1 Å². The molecule has 2 nitrogen and oxygen atoms in total. The Labute approximate surface area is 123 Å². The lowest BCUT2D eigenvalue weighted by Crippen LogP contribution is -2.45. The van der Waals surface area contributed by atoms with Crippen molar-refractivity contribution in [3.63, 3.8) is 0 Å². The van der Waals surface area contributed by atoms with Crippen molar-refractivity contribution in [1.29, 1.82) is 0 Å². The highest BCUT2D eigenvalue weighted by Crippen LogP contribution is 2.39. The molecule has 0 bridgehead atoms. The Morgan fingerprint density at radius 2 is 2.00 bits per heavy atom. The molecule has 1 saturated carbocycles. The van der Waals surface area contributed by atoms with E-state index in [0.29, 0.717) is 6.04 Å². The van der Waals surface area contributed by atoms with Crippen LogP contribution < -0.4 is 5.32 Å². The van der Waals surface area contributed by atoms with Crippen molar-refractivity contribution in [3.8, 4) is 0 Å². The number of rotatable bonds is 9. The Morgan fingerprint density at radius 3 is 2.55 bits per heavy atom. The van der Waals surface area contributed by atoms with Crippen LogP contribution >= 0.6 is 0 Å². The van der Waals surface area contributed by atoms with Gasteiger partial charge in [0.05, 0.1) is 5.60 Å². The highest BCUT2D eigenvalue weighted by molar-refractivity contribution is 5.14. The Balaban J connectivity index is 1.77. The summed E-state index contributed by atoms with van der Waals surface area (Å²) in [5, 5.41) is 3.65. The molecular weight excluding hydrogens is 246 g/mol. The Hall–Kier alpha value is -0.860. The van der Waals surface area contributed by atoms with E-state index in [1.807, 2.05) is 7.11 Å². The fraction of sp³-hybridized carbons (Fsp3) is 0.667. The first-order valence-electron chi connectivity index (χ1n) is 8.10. The summed E-state index contributed by atoms with van der Waals surface area (Å²) < 4.78 is 5.78. The molecule has 2 heteroatoms. The van der Waals surface area contributed by atoms with E-state index in [2.05, 4.69) is 42.6 Å². The average Bonchev–Trinajstić information content (AvgIpc) is 2.44. The topological polar surface area (TPSA) is 21.3 Å². The SMILES string of the molecule is CCNC(CCCc1ccccc1)CC1(OC)CCC1. The fourth-order valence-electron chi connectivity index (χ4n) is 3.27. The normalized spacial score (nSPS) is 18.5. The first-order valence-corrected chi connectivity index (χ1v) is 8.10. The lowest BCUT2D eigenvalue weighted by atomic mass is 9.75. The molecule has 0 spiro atoms.